The third-order valence-corrected chi connectivity index (χ3v) is 3.52. The van der Waals surface area contributed by atoms with Crippen LogP contribution in [0.2, 0.25) is 0 Å². The van der Waals surface area contributed by atoms with Crippen molar-refractivity contribution in [2.24, 2.45) is 0 Å². The Balaban J connectivity index is 1.79. The van der Waals surface area contributed by atoms with E-state index in [4.69, 9.17) is 0 Å². The monoisotopic (exact) mass is 314 g/mol. The van der Waals surface area contributed by atoms with E-state index in [0.29, 0.717) is 11.5 Å². The lowest BCUT2D eigenvalue weighted by atomic mass is 10.3. The predicted molar refractivity (Wildman–Crippen MR) is 87.7 cm³/mol. The minimum atomic E-state index is -3.27. The molecule has 7 heteroatoms. The second kappa shape index (κ2) is 5.61. The molecule has 0 unspecified atom stereocenters. The van der Waals surface area contributed by atoms with Gasteiger partial charge in [0.2, 0.25) is 10.0 Å². The summed E-state index contributed by atoms with van der Waals surface area (Å²) in [4.78, 5) is 8.79. The molecule has 0 atom stereocenters. The second-order valence-electron chi connectivity index (χ2n) is 4.82. The van der Waals surface area contributed by atoms with Gasteiger partial charge in [-0.05, 0) is 36.4 Å². The minimum absolute atomic E-state index is 0.512. The number of rotatable bonds is 4. The number of benzene rings is 2. The summed E-state index contributed by atoms with van der Waals surface area (Å²) < 4.78 is 24.7. The Morgan fingerprint density at radius 1 is 0.909 bits per heavy atom. The van der Waals surface area contributed by atoms with Crippen LogP contribution in [-0.4, -0.2) is 24.6 Å². The molecule has 0 fully saturated rings. The van der Waals surface area contributed by atoms with Gasteiger partial charge in [0, 0.05) is 11.4 Å². The van der Waals surface area contributed by atoms with Gasteiger partial charge in [-0.3, -0.25) is 9.71 Å². The Bertz CT molecular complexity index is 908. The molecule has 6 nitrogen and oxygen atoms in total. The van der Waals surface area contributed by atoms with Gasteiger partial charge in [0.15, 0.2) is 0 Å². The number of fused-ring (bicyclic) bond motifs is 1. The highest BCUT2D eigenvalue weighted by atomic mass is 32.2. The highest BCUT2D eigenvalue weighted by Crippen LogP contribution is 2.19. The van der Waals surface area contributed by atoms with Gasteiger partial charge in [0.1, 0.15) is 5.82 Å². The van der Waals surface area contributed by atoms with Gasteiger partial charge in [-0.15, -0.1) is 0 Å². The quantitative estimate of drug-likeness (QED) is 0.773. The van der Waals surface area contributed by atoms with Crippen molar-refractivity contribution in [3.8, 4) is 0 Å². The summed E-state index contributed by atoms with van der Waals surface area (Å²) in [7, 11) is -3.27. The number of anilines is 3. The van der Waals surface area contributed by atoms with Crippen LogP contribution in [0.1, 0.15) is 0 Å². The molecule has 2 aromatic carbocycles. The third-order valence-electron chi connectivity index (χ3n) is 2.91. The molecular weight excluding hydrogens is 300 g/mol. The number of hydrogen-bond acceptors (Lipinski definition) is 5. The van der Waals surface area contributed by atoms with E-state index >= 15 is 0 Å². The summed E-state index contributed by atoms with van der Waals surface area (Å²) in [5, 5.41) is 3.14. The Hall–Kier alpha value is -2.67. The van der Waals surface area contributed by atoms with Crippen molar-refractivity contribution in [3.63, 3.8) is 0 Å². The molecule has 0 spiro atoms. The van der Waals surface area contributed by atoms with Gasteiger partial charge < -0.3 is 5.32 Å². The molecule has 3 aromatic rings. The molecule has 2 N–H and O–H groups in total. The first-order chi connectivity index (χ1) is 10.5. The number of para-hydroxylation sites is 2. The van der Waals surface area contributed by atoms with Crippen molar-refractivity contribution < 1.29 is 8.42 Å². The van der Waals surface area contributed by atoms with Crippen LogP contribution in [0, 0.1) is 0 Å². The Morgan fingerprint density at radius 3 is 2.23 bits per heavy atom. The number of aromatic nitrogens is 2. The van der Waals surface area contributed by atoms with Crippen molar-refractivity contribution in [3.05, 3.63) is 54.7 Å². The van der Waals surface area contributed by atoms with Gasteiger partial charge in [-0.25, -0.2) is 13.4 Å². The smallest absolute Gasteiger partial charge is 0.229 e. The zero-order valence-electron chi connectivity index (χ0n) is 11.8. The van der Waals surface area contributed by atoms with Gasteiger partial charge >= 0.3 is 0 Å². The van der Waals surface area contributed by atoms with Crippen molar-refractivity contribution >= 4 is 38.2 Å². The first-order valence-electron chi connectivity index (χ1n) is 6.56. The van der Waals surface area contributed by atoms with Crippen LogP contribution in [0.5, 0.6) is 0 Å². The zero-order valence-corrected chi connectivity index (χ0v) is 12.6. The number of hydrogen-bond donors (Lipinski definition) is 2. The molecule has 0 aliphatic heterocycles. The number of sulfonamides is 1. The summed E-state index contributed by atoms with van der Waals surface area (Å²) >= 11 is 0. The van der Waals surface area contributed by atoms with Crippen LogP contribution in [-0.2, 0) is 10.0 Å². The van der Waals surface area contributed by atoms with E-state index in [-0.39, 0.29) is 0 Å². The SMILES string of the molecule is CS(=O)(=O)Nc1ccc(Nc2cnc3ccccc3n2)cc1. The lowest BCUT2D eigenvalue weighted by molar-refractivity contribution is 0.607. The number of nitrogens with zero attached hydrogens (tertiary/aromatic N) is 2. The summed E-state index contributed by atoms with van der Waals surface area (Å²) in [6.07, 6.45) is 2.77. The minimum Gasteiger partial charge on any atom is -0.339 e. The normalized spacial score (nSPS) is 11.3. The van der Waals surface area contributed by atoms with Gasteiger partial charge in [0.05, 0.1) is 23.5 Å². The summed E-state index contributed by atoms with van der Waals surface area (Å²) in [6, 6.07) is 14.5. The molecule has 0 saturated heterocycles. The lowest BCUT2D eigenvalue weighted by Gasteiger charge is -2.08. The fraction of sp³-hybridized carbons (Fsp3) is 0.0667. The second-order valence-corrected chi connectivity index (χ2v) is 6.57. The molecule has 22 heavy (non-hydrogen) atoms. The summed E-state index contributed by atoms with van der Waals surface area (Å²) in [5.41, 5.74) is 2.95. The van der Waals surface area contributed by atoms with Gasteiger partial charge in [0.25, 0.3) is 0 Å². The van der Waals surface area contributed by atoms with E-state index in [0.717, 1.165) is 23.0 Å². The first kappa shape index (κ1) is 14.3. The van der Waals surface area contributed by atoms with Crippen LogP contribution >= 0.6 is 0 Å². The van der Waals surface area contributed by atoms with Crippen molar-refractivity contribution in [1.29, 1.82) is 0 Å². The van der Waals surface area contributed by atoms with Crippen LogP contribution in [0.4, 0.5) is 17.2 Å². The van der Waals surface area contributed by atoms with Crippen LogP contribution in [0.25, 0.3) is 11.0 Å². The topological polar surface area (TPSA) is 84.0 Å². The van der Waals surface area contributed by atoms with Gasteiger partial charge in [-0.1, -0.05) is 12.1 Å². The van der Waals surface area contributed by atoms with Crippen LogP contribution < -0.4 is 10.0 Å². The fourth-order valence-electron chi connectivity index (χ4n) is 2.00. The van der Waals surface area contributed by atoms with Crippen LogP contribution in [0.15, 0.2) is 54.7 Å². The van der Waals surface area contributed by atoms with E-state index in [9.17, 15) is 8.42 Å². The van der Waals surface area contributed by atoms with E-state index in [1.165, 1.54) is 0 Å². The fourth-order valence-corrected chi connectivity index (χ4v) is 2.57. The van der Waals surface area contributed by atoms with Crippen LogP contribution in [0.3, 0.4) is 0 Å². The molecule has 0 saturated carbocycles. The molecule has 112 valence electrons. The molecule has 3 rings (SSSR count). The Kier molecular flexibility index (Phi) is 3.64. The molecule has 0 aliphatic rings. The number of nitrogens with one attached hydrogen (secondary N) is 2. The maximum atomic E-state index is 11.2. The third kappa shape index (κ3) is 3.50. The molecular formula is C15H14N4O2S. The van der Waals surface area contributed by atoms with E-state index in [1.54, 1.807) is 30.5 Å². The van der Waals surface area contributed by atoms with Crippen molar-refractivity contribution in [2.45, 2.75) is 0 Å². The Labute approximate surface area is 128 Å². The summed E-state index contributed by atoms with van der Waals surface area (Å²) in [6.45, 7) is 0. The zero-order chi connectivity index (χ0) is 15.6. The molecule has 1 aromatic heterocycles. The molecule has 1 heterocycles. The average molecular weight is 314 g/mol. The van der Waals surface area contributed by atoms with Crippen molar-refractivity contribution in [2.75, 3.05) is 16.3 Å². The highest BCUT2D eigenvalue weighted by Gasteiger charge is 2.03. The van der Waals surface area contributed by atoms with E-state index < -0.39 is 10.0 Å². The molecule has 0 amide bonds. The lowest BCUT2D eigenvalue weighted by Crippen LogP contribution is -2.09. The highest BCUT2D eigenvalue weighted by molar-refractivity contribution is 7.92. The van der Waals surface area contributed by atoms with E-state index in [2.05, 4.69) is 20.0 Å². The van der Waals surface area contributed by atoms with Gasteiger partial charge in [-0.2, -0.15) is 0 Å². The first-order valence-corrected chi connectivity index (χ1v) is 8.45. The summed E-state index contributed by atoms with van der Waals surface area (Å²) in [5.74, 6) is 0.627. The maximum Gasteiger partial charge on any atom is 0.229 e. The molecule has 0 aliphatic carbocycles. The molecule has 0 radical (unpaired) electrons. The molecule has 0 bridgehead atoms. The predicted octanol–water partition coefficient (Wildman–Crippen LogP) is 2.74. The van der Waals surface area contributed by atoms with Crippen molar-refractivity contribution in [1.82, 2.24) is 9.97 Å². The van der Waals surface area contributed by atoms with E-state index in [1.807, 2.05) is 24.3 Å². The largest absolute Gasteiger partial charge is 0.339 e. The standard InChI is InChI=1S/C15H14N4O2S/c1-22(20,21)19-12-8-6-11(7-9-12)17-15-10-16-13-4-2-3-5-14(13)18-15/h2-10,19H,1H3,(H,17,18). The Morgan fingerprint density at radius 2 is 1.55 bits per heavy atom. The average Bonchev–Trinajstić information content (AvgIpc) is 2.48. The maximum absolute atomic E-state index is 11.2.